The number of carbonyl (C=O) groups excluding carboxylic acids is 1. The molecule has 0 bridgehead atoms. The Labute approximate surface area is 156 Å². The Morgan fingerprint density at radius 1 is 1.00 bits per heavy atom. The lowest BCUT2D eigenvalue weighted by molar-refractivity contribution is 0.102. The number of nitrogens with one attached hydrogen (secondary N) is 1. The number of amides is 1. The van der Waals surface area contributed by atoms with Crippen LogP contribution >= 0.6 is 11.8 Å². The van der Waals surface area contributed by atoms with E-state index in [4.69, 9.17) is 4.74 Å². The zero-order valence-corrected chi connectivity index (χ0v) is 15.6. The minimum atomic E-state index is -0.178. The summed E-state index contributed by atoms with van der Waals surface area (Å²) in [5.74, 6) is 0.563. The van der Waals surface area contributed by atoms with Crippen LogP contribution in [0.15, 0.2) is 64.6 Å². The molecule has 1 aromatic heterocycles. The number of hydrogen-bond acceptors (Lipinski definition) is 5. The van der Waals surface area contributed by atoms with Crippen LogP contribution in [0, 0.1) is 13.8 Å². The van der Waals surface area contributed by atoms with Gasteiger partial charge in [0.25, 0.3) is 5.91 Å². The number of methoxy groups -OCH3 is 1. The molecule has 0 atom stereocenters. The molecule has 0 radical (unpaired) electrons. The minimum Gasteiger partial charge on any atom is -0.497 e. The highest BCUT2D eigenvalue weighted by Crippen LogP contribution is 2.29. The summed E-state index contributed by atoms with van der Waals surface area (Å²) >= 11 is 1.38. The number of carbonyl (C=O) groups is 1. The lowest BCUT2D eigenvalue weighted by Crippen LogP contribution is -2.13. The maximum absolute atomic E-state index is 12.7. The molecule has 0 saturated carbocycles. The first-order valence-corrected chi connectivity index (χ1v) is 8.91. The first-order valence-electron chi connectivity index (χ1n) is 8.10. The van der Waals surface area contributed by atoms with Crippen molar-refractivity contribution in [3.63, 3.8) is 0 Å². The summed E-state index contributed by atoms with van der Waals surface area (Å²) in [5.41, 5.74) is 3.09. The molecule has 3 rings (SSSR count). The Kier molecular flexibility index (Phi) is 5.53. The van der Waals surface area contributed by atoms with Crippen LogP contribution in [0.5, 0.6) is 5.75 Å². The van der Waals surface area contributed by atoms with Crippen molar-refractivity contribution in [2.24, 2.45) is 0 Å². The van der Waals surface area contributed by atoms with Gasteiger partial charge in [0.15, 0.2) is 5.16 Å². The van der Waals surface area contributed by atoms with E-state index in [1.54, 1.807) is 37.4 Å². The summed E-state index contributed by atoms with van der Waals surface area (Å²) in [6.45, 7) is 3.86. The van der Waals surface area contributed by atoms with Crippen molar-refractivity contribution in [1.82, 2.24) is 9.97 Å². The number of hydrogen-bond donors (Lipinski definition) is 1. The lowest BCUT2D eigenvalue weighted by atomic mass is 10.2. The highest BCUT2D eigenvalue weighted by Gasteiger charge is 2.14. The average molecular weight is 365 g/mol. The van der Waals surface area contributed by atoms with Gasteiger partial charge in [-0.15, -0.1) is 0 Å². The van der Waals surface area contributed by atoms with Crippen molar-refractivity contribution in [2.45, 2.75) is 23.9 Å². The lowest BCUT2D eigenvalue weighted by Gasteiger charge is -2.10. The summed E-state index contributed by atoms with van der Waals surface area (Å²) in [5, 5.41) is 3.54. The number of nitrogens with zero attached hydrogens (tertiary/aromatic N) is 2. The number of aryl methyl sites for hydroxylation is 2. The van der Waals surface area contributed by atoms with E-state index < -0.39 is 0 Å². The number of benzene rings is 2. The molecular weight excluding hydrogens is 346 g/mol. The highest BCUT2D eigenvalue weighted by atomic mass is 32.2. The molecule has 0 aliphatic heterocycles. The van der Waals surface area contributed by atoms with Crippen molar-refractivity contribution in [3.05, 3.63) is 71.5 Å². The van der Waals surface area contributed by atoms with E-state index in [-0.39, 0.29) is 5.91 Å². The molecule has 1 amide bonds. The number of rotatable bonds is 5. The number of ether oxygens (including phenoxy) is 1. The molecule has 0 saturated heterocycles. The summed E-state index contributed by atoms with van der Waals surface area (Å²) in [4.78, 5) is 22.4. The van der Waals surface area contributed by atoms with E-state index in [0.29, 0.717) is 16.4 Å². The molecule has 3 aromatic rings. The molecule has 26 heavy (non-hydrogen) atoms. The van der Waals surface area contributed by atoms with Crippen LogP contribution in [0.25, 0.3) is 0 Å². The predicted molar refractivity (Wildman–Crippen MR) is 103 cm³/mol. The molecule has 0 aliphatic carbocycles. The molecule has 1 heterocycles. The first kappa shape index (κ1) is 17.9. The fraction of sp³-hybridized carbons (Fsp3) is 0.150. The molecule has 132 valence electrons. The van der Waals surface area contributed by atoms with Crippen LogP contribution in [-0.4, -0.2) is 23.0 Å². The molecule has 0 spiro atoms. The Morgan fingerprint density at radius 3 is 2.31 bits per heavy atom. The fourth-order valence-electron chi connectivity index (χ4n) is 2.45. The van der Waals surface area contributed by atoms with E-state index in [2.05, 4.69) is 15.3 Å². The van der Waals surface area contributed by atoms with E-state index in [1.807, 2.05) is 38.1 Å². The second-order valence-corrected chi connectivity index (χ2v) is 6.72. The summed E-state index contributed by atoms with van der Waals surface area (Å²) < 4.78 is 5.13. The molecule has 0 aliphatic rings. The van der Waals surface area contributed by atoms with Gasteiger partial charge in [-0.1, -0.05) is 12.1 Å². The summed E-state index contributed by atoms with van der Waals surface area (Å²) in [6.07, 6.45) is 0. The van der Waals surface area contributed by atoms with Gasteiger partial charge in [0.1, 0.15) is 5.75 Å². The number of anilines is 1. The Hall–Kier alpha value is -2.86. The van der Waals surface area contributed by atoms with Crippen LogP contribution in [0.1, 0.15) is 21.7 Å². The van der Waals surface area contributed by atoms with Crippen LogP contribution in [0.3, 0.4) is 0 Å². The molecule has 1 N–H and O–H groups in total. The summed E-state index contributed by atoms with van der Waals surface area (Å²) in [6, 6.07) is 16.6. The van der Waals surface area contributed by atoms with Crippen molar-refractivity contribution < 1.29 is 9.53 Å². The zero-order valence-electron chi connectivity index (χ0n) is 14.8. The quantitative estimate of drug-likeness (QED) is 0.674. The van der Waals surface area contributed by atoms with E-state index in [9.17, 15) is 4.79 Å². The topological polar surface area (TPSA) is 64.1 Å². The van der Waals surface area contributed by atoms with Gasteiger partial charge < -0.3 is 10.1 Å². The second kappa shape index (κ2) is 8.01. The van der Waals surface area contributed by atoms with Crippen LogP contribution < -0.4 is 10.1 Å². The Morgan fingerprint density at radius 2 is 1.65 bits per heavy atom. The molecular formula is C20H19N3O2S. The normalized spacial score (nSPS) is 10.4. The van der Waals surface area contributed by atoms with Crippen molar-refractivity contribution in [1.29, 1.82) is 0 Å². The first-order chi connectivity index (χ1) is 12.5. The Balaban J connectivity index is 1.82. The van der Waals surface area contributed by atoms with Crippen LogP contribution in [0.4, 0.5) is 5.69 Å². The van der Waals surface area contributed by atoms with Gasteiger partial charge >= 0.3 is 0 Å². The molecule has 6 heteroatoms. The highest BCUT2D eigenvalue weighted by molar-refractivity contribution is 7.99. The van der Waals surface area contributed by atoms with Crippen LogP contribution in [-0.2, 0) is 0 Å². The maximum atomic E-state index is 12.7. The van der Waals surface area contributed by atoms with E-state index in [0.717, 1.165) is 22.0 Å². The van der Waals surface area contributed by atoms with Gasteiger partial charge in [0, 0.05) is 22.0 Å². The molecule has 0 fully saturated rings. The SMILES string of the molecule is COc1ccc(NC(=O)c2ccccc2Sc2nc(C)cc(C)n2)cc1. The monoisotopic (exact) mass is 365 g/mol. The van der Waals surface area contributed by atoms with E-state index >= 15 is 0 Å². The van der Waals surface area contributed by atoms with Gasteiger partial charge in [0.2, 0.25) is 0 Å². The summed E-state index contributed by atoms with van der Waals surface area (Å²) in [7, 11) is 1.61. The van der Waals surface area contributed by atoms with Crippen LogP contribution in [0.2, 0.25) is 0 Å². The molecule has 0 unspecified atom stereocenters. The molecule has 5 nitrogen and oxygen atoms in total. The minimum absolute atomic E-state index is 0.178. The zero-order chi connectivity index (χ0) is 18.5. The van der Waals surface area contributed by atoms with E-state index in [1.165, 1.54) is 11.8 Å². The fourth-order valence-corrected chi connectivity index (χ4v) is 3.45. The van der Waals surface area contributed by atoms with Gasteiger partial charge in [-0.2, -0.15) is 0 Å². The van der Waals surface area contributed by atoms with Gasteiger partial charge in [0.05, 0.1) is 12.7 Å². The number of aromatic nitrogens is 2. The molecule has 2 aromatic carbocycles. The van der Waals surface area contributed by atoms with Crippen molar-refractivity contribution >= 4 is 23.4 Å². The average Bonchev–Trinajstić information content (AvgIpc) is 2.62. The largest absolute Gasteiger partial charge is 0.497 e. The van der Waals surface area contributed by atoms with Gasteiger partial charge in [-0.05, 0) is 68.1 Å². The van der Waals surface area contributed by atoms with Gasteiger partial charge in [-0.3, -0.25) is 4.79 Å². The standard InChI is InChI=1S/C20H19N3O2S/c1-13-12-14(2)22-20(21-13)26-18-7-5-4-6-17(18)19(24)23-15-8-10-16(25-3)11-9-15/h4-12H,1-3H3,(H,23,24). The third-order valence-electron chi connectivity index (χ3n) is 3.64. The smallest absolute Gasteiger partial charge is 0.256 e. The predicted octanol–water partition coefficient (Wildman–Crippen LogP) is 4.51. The maximum Gasteiger partial charge on any atom is 0.256 e. The third kappa shape index (κ3) is 4.40. The second-order valence-electron chi connectivity index (χ2n) is 5.71. The van der Waals surface area contributed by atoms with Crippen molar-refractivity contribution in [3.8, 4) is 5.75 Å². The third-order valence-corrected chi connectivity index (χ3v) is 4.58. The van der Waals surface area contributed by atoms with Gasteiger partial charge in [-0.25, -0.2) is 9.97 Å². The Bertz CT molecular complexity index is 906. The van der Waals surface area contributed by atoms with Crippen molar-refractivity contribution in [2.75, 3.05) is 12.4 Å².